The Morgan fingerprint density at radius 3 is 2.70 bits per heavy atom. The van der Waals surface area contributed by atoms with Crippen molar-refractivity contribution in [1.29, 1.82) is 0 Å². The molecule has 30 heavy (non-hydrogen) atoms. The predicted octanol–water partition coefficient (Wildman–Crippen LogP) is 3.50. The molecule has 3 aromatic heterocycles. The third kappa shape index (κ3) is 3.82. The van der Waals surface area contributed by atoms with Crippen molar-refractivity contribution in [2.24, 2.45) is 0 Å². The number of hydrogen-bond acceptors (Lipinski definition) is 6. The van der Waals surface area contributed by atoms with Gasteiger partial charge in [-0.25, -0.2) is 24.9 Å². The molecule has 3 aromatic rings. The van der Waals surface area contributed by atoms with E-state index < -0.39 is 17.9 Å². The molecule has 156 valence electrons. The second-order valence-corrected chi connectivity index (χ2v) is 7.33. The van der Waals surface area contributed by atoms with Gasteiger partial charge >= 0.3 is 6.18 Å². The van der Waals surface area contributed by atoms with Crippen molar-refractivity contribution in [3.05, 3.63) is 52.3 Å². The largest absolute Gasteiger partial charge is 0.451 e. The minimum atomic E-state index is -4.67. The number of fused-ring (bicyclic) bond motifs is 1. The maximum Gasteiger partial charge on any atom is 0.451 e. The standard InChI is InChI=1S/C17H12Cl2F3N7O/c1-8-5-28-7-11(12-10(18)4-24-16(19)27-12)26-13(28)14(30)29(8)6-9-2-3-23-15(25-9)17(20,21)22/h2-4,7-8H,5-6H2,1H3/t8-/m0/s1. The molecule has 0 aliphatic carbocycles. The van der Waals surface area contributed by atoms with E-state index in [-0.39, 0.29) is 40.1 Å². The van der Waals surface area contributed by atoms with Crippen LogP contribution >= 0.6 is 23.2 Å². The lowest BCUT2D eigenvalue weighted by Gasteiger charge is -2.33. The van der Waals surface area contributed by atoms with Crippen molar-refractivity contribution >= 4 is 29.1 Å². The zero-order chi connectivity index (χ0) is 21.6. The normalized spacial score (nSPS) is 16.7. The van der Waals surface area contributed by atoms with Crippen LogP contribution in [0.1, 0.15) is 29.1 Å². The van der Waals surface area contributed by atoms with Gasteiger partial charge in [-0.2, -0.15) is 13.2 Å². The third-order valence-electron chi connectivity index (χ3n) is 4.48. The summed E-state index contributed by atoms with van der Waals surface area (Å²) in [6.07, 6.45) is -0.701. The fraction of sp³-hybridized carbons (Fsp3) is 0.294. The fourth-order valence-corrected chi connectivity index (χ4v) is 3.42. The smallest absolute Gasteiger partial charge is 0.326 e. The Morgan fingerprint density at radius 2 is 1.97 bits per heavy atom. The van der Waals surface area contributed by atoms with E-state index in [4.69, 9.17) is 23.2 Å². The highest BCUT2D eigenvalue weighted by atomic mass is 35.5. The van der Waals surface area contributed by atoms with E-state index in [1.54, 1.807) is 17.7 Å². The summed E-state index contributed by atoms with van der Waals surface area (Å²) >= 11 is 11.9. The maximum atomic E-state index is 13.0. The molecule has 4 heterocycles. The van der Waals surface area contributed by atoms with Crippen molar-refractivity contribution in [1.82, 2.24) is 34.4 Å². The van der Waals surface area contributed by atoms with Crippen LogP contribution in [0.15, 0.2) is 24.7 Å². The molecule has 8 nitrogen and oxygen atoms in total. The van der Waals surface area contributed by atoms with Crippen molar-refractivity contribution in [3.8, 4) is 11.4 Å². The van der Waals surface area contributed by atoms with Gasteiger partial charge in [0.2, 0.25) is 11.1 Å². The molecule has 0 aromatic carbocycles. The first-order valence-electron chi connectivity index (χ1n) is 8.59. The molecule has 0 saturated heterocycles. The van der Waals surface area contributed by atoms with E-state index in [1.807, 2.05) is 0 Å². The lowest BCUT2D eigenvalue weighted by atomic mass is 10.2. The SMILES string of the molecule is C[C@H]1Cn2cc(-c3nc(Cl)ncc3Cl)nc2C(=O)N1Cc1ccnc(C(F)(F)F)n1. The lowest BCUT2D eigenvalue weighted by Crippen LogP contribution is -2.46. The van der Waals surface area contributed by atoms with Gasteiger partial charge in [0.15, 0.2) is 5.82 Å². The first-order valence-corrected chi connectivity index (χ1v) is 9.34. The van der Waals surface area contributed by atoms with Crippen LogP contribution in [-0.2, 0) is 19.3 Å². The summed E-state index contributed by atoms with van der Waals surface area (Å²) in [6.45, 7) is 2.04. The van der Waals surface area contributed by atoms with Crippen LogP contribution in [0.3, 0.4) is 0 Å². The Morgan fingerprint density at radius 1 is 1.20 bits per heavy atom. The van der Waals surface area contributed by atoms with Gasteiger partial charge in [0.1, 0.15) is 11.4 Å². The number of amides is 1. The number of alkyl halides is 3. The average molecular weight is 458 g/mol. The summed E-state index contributed by atoms with van der Waals surface area (Å²) in [5, 5.41) is 0.193. The van der Waals surface area contributed by atoms with Gasteiger partial charge in [-0.15, -0.1) is 0 Å². The number of halogens is 5. The molecule has 0 bridgehead atoms. The van der Waals surface area contributed by atoms with E-state index in [1.165, 1.54) is 17.2 Å². The quantitative estimate of drug-likeness (QED) is 0.559. The van der Waals surface area contributed by atoms with Crippen molar-refractivity contribution < 1.29 is 18.0 Å². The number of rotatable bonds is 3. The first-order chi connectivity index (χ1) is 14.1. The second-order valence-electron chi connectivity index (χ2n) is 6.59. The van der Waals surface area contributed by atoms with Crippen LogP contribution in [0.5, 0.6) is 0 Å². The molecule has 0 unspecified atom stereocenters. The summed E-state index contributed by atoms with van der Waals surface area (Å²) in [7, 11) is 0. The van der Waals surface area contributed by atoms with E-state index in [2.05, 4.69) is 24.9 Å². The Balaban J connectivity index is 1.64. The average Bonchev–Trinajstić information content (AvgIpc) is 3.10. The highest BCUT2D eigenvalue weighted by molar-refractivity contribution is 6.33. The van der Waals surface area contributed by atoms with Crippen LogP contribution < -0.4 is 0 Å². The Bertz CT molecular complexity index is 1130. The Labute approximate surface area is 177 Å². The number of carbonyl (C=O) groups is 1. The Hall–Kier alpha value is -2.79. The molecule has 0 N–H and O–H groups in total. The van der Waals surface area contributed by atoms with Gasteiger partial charge in [-0.3, -0.25) is 4.79 Å². The molecule has 1 amide bonds. The number of nitrogens with zero attached hydrogens (tertiary/aromatic N) is 7. The van der Waals surface area contributed by atoms with Crippen LogP contribution in [0, 0.1) is 0 Å². The van der Waals surface area contributed by atoms with Crippen LogP contribution in [0.2, 0.25) is 10.3 Å². The maximum absolute atomic E-state index is 13.0. The molecule has 0 fully saturated rings. The van der Waals surface area contributed by atoms with Gasteiger partial charge in [-0.05, 0) is 24.6 Å². The summed E-state index contributed by atoms with van der Waals surface area (Å²) in [5.41, 5.74) is 0.683. The summed E-state index contributed by atoms with van der Waals surface area (Å²) in [4.78, 5) is 33.3. The van der Waals surface area contributed by atoms with Crippen molar-refractivity contribution in [2.75, 3.05) is 0 Å². The highest BCUT2D eigenvalue weighted by Gasteiger charge is 2.36. The van der Waals surface area contributed by atoms with Gasteiger partial charge < -0.3 is 9.47 Å². The summed E-state index contributed by atoms with van der Waals surface area (Å²) in [6, 6.07) is 1.02. The molecule has 1 aliphatic rings. The molecule has 1 aliphatic heterocycles. The topological polar surface area (TPSA) is 89.7 Å². The van der Waals surface area contributed by atoms with Gasteiger partial charge in [0, 0.05) is 25.0 Å². The van der Waals surface area contributed by atoms with Crippen LogP contribution in [0.25, 0.3) is 11.4 Å². The monoisotopic (exact) mass is 457 g/mol. The molecule has 0 saturated carbocycles. The summed E-state index contributed by atoms with van der Waals surface area (Å²) in [5.74, 6) is -1.60. The molecular formula is C17H12Cl2F3N7O. The number of carbonyl (C=O) groups excluding carboxylic acids is 1. The fourth-order valence-electron chi connectivity index (χ4n) is 3.10. The minimum absolute atomic E-state index is 0.0223. The molecule has 0 spiro atoms. The first kappa shape index (κ1) is 20.5. The van der Waals surface area contributed by atoms with E-state index in [0.717, 1.165) is 6.20 Å². The zero-order valence-electron chi connectivity index (χ0n) is 15.2. The third-order valence-corrected chi connectivity index (χ3v) is 4.94. The molecule has 4 rings (SSSR count). The number of aromatic nitrogens is 6. The predicted molar refractivity (Wildman–Crippen MR) is 99.6 cm³/mol. The Kier molecular flexibility index (Phi) is 5.10. The summed E-state index contributed by atoms with van der Waals surface area (Å²) < 4.78 is 40.3. The minimum Gasteiger partial charge on any atom is -0.326 e. The number of imidazole rings is 1. The van der Waals surface area contributed by atoms with Crippen LogP contribution in [0.4, 0.5) is 13.2 Å². The molecule has 0 radical (unpaired) electrons. The van der Waals surface area contributed by atoms with Gasteiger partial charge in [0.25, 0.3) is 5.91 Å². The van der Waals surface area contributed by atoms with Crippen molar-refractivity contribution in [2.45, 2.75) is 32.2 Å². The lowest BCUT2D eigenvalue weighted by molar-refractivity contribution is -0.145. The number of hydrogen-bond donors (Lipinski definition) is 0. The van der Waals surface area contributed by atoms with E-state index >= 15 is 0 Å². The zero-order valence-corrected chi connectivity index (χ0v) is 16.7. The molecular weight excluding hydrogens is 446 g/mol. The molecule has 1 atom stereocenters. The van der Waals surface area contributed by atoms with E-state index in [9.17, 15) is 18.0 Å². The second kappa shape index (κ2) is 7.47. The van der Waals surface area contributed by atoms with Crippen molar-refractivity contribution in [3.63, 3.8) is 0 Å². The molecule has 13 heteroatoms. The highest BCUT2D eigenvalue weighted by Crippen LogP contribution is 2.29. The van der Waals surface area contributed by atoms with Gasteiger partial charge in [-0.1, -0.05) is 11.6 Å². The van der Waals surface area contributed by atoms with Crippen LogP contribution in [-0.4, -0.2) is 46.3 Å². The van der Waals surface area contributed by atoms with Gasteiger partial charge in [0.05, 0.1) is 23.5 Å². The van der Waals surface area contributed by atoms with E-state index in [0.29, 0.717) is 12.2 Å².